The Morgan fingerprint density at radius 3 is 2.79 bits per heavy atom. The monoisotopic (exact) mass is 300 g/mol. The van der Waals surface area contributed by atoms with Gasteiger partial charge < -0.3 is 0 Å². The van der Waals surface area contributed by atoms with Gasteiger partial charge in [0.25, 0.3) is 0 Å². The maximum Gasteiger partial charge on any atom is 0.107 e. The lowest BCUT2D eigenvalue weighted by Crippen LogP contribution is -2.26. The molecule has 0 amide bonds. The number of rotatable bonds is 3. The van der Waals surface area contributed by atoms with Crippen molar-refractivity contribution in [3.05, 3.63) is 16.1 Å². The number of halogens is 1. The molecule has 1 aliphatic rings. The maximum atomic E-state index is 5.81. The van der Waals surface area contributed by atoms with Gasteiger partial charge in [0, 0.05) is 5.38 Å². The fourth-order valence-corrected chi connectivity index (χ4v) is 3.92. The Kier molecular flexibility index (Phi) is 5.27. The zero-order valence-electron chi connectivity index (χ0n) is 12.3. The van der Waals surface area contributed by atoms with E-state index < -0.39 is 0 Å². The van der Waals surface area contributed by atoms with Crippen LogP contribution in [0.25, 0.3) is 0 Å². The molecule has 19 heavy (non-hydrogen) atoms. The normalized spacial score (nSPS) is 22.4. The summed E-state index contributed by atoms with van der Waals surface area (Å²) in [7, 11) is 0. The number of alkyl halides is 1. The predicted octanol–water partition coefficient (Wildman–Crippen LogP) is 4.53. The van der Waals surface area contributed by atoms with Crippen LogP contribution in [0, 0.1) is 11.3 Å². The molecule has 108 valence electrons. The van der Waals surface area contributed by atoms with E-state index in [0.717, 1.165) is 18.2 Å². The summed E-state index contributed by atoms with van der Waals surface area (Å²) in [6.07, 6.45) is 4.00. The fraction of sp³-hybridized carbons (Fsp3) is 0.800. The number of aromatic nitrogens is 1. The van der Waals surface area contributed by atoms with Gasteiger partial charge in [0.05, 0.1) is 18.1 Å². The van der Waals surface area contributed by atoms with Crippen molar-refractivity contribution in [2.75, 3.05) is 13.1 Å². The first-order valence-electron chi connectivity index (χ1n) is 7.20. The van der Waals surface area contributed by atoms with Crippen LogP contribution < -0.4 is 0 Å². The molecule has 0 radical (unpaired) electrons. The minimum atomic E-state index is 0.447. The quantitative estimate of drug-likeness (QED) is 0.762. The lowest BCUT2D eigenvalue weighted by molar-refractivity contribution is 0.206. The SMILES string of the molecule is CC(C)(C)C1CCCN(Cc2nc(CCl)cs2)CC1. The second kappa shape index (κ2) is 6.55. The van der Waals surface area contributed by atoms with Gasteiger partial charge in [0.15, 0.2) is 0 Å². The average Bonchev–Trinajstić information content (AvgIpc) is 2.65. The van der Waals surface area contributed by atoms with Gasteiger partial charge >= 0.3 is 0 Å². The highest BCUT2D eigenvalue weighted by Gasteiger charge is 2.27. The lowest BCUT2D eigenvalue weighted by atomic mass is 9.77. The number of likely N-dealkylation sites (tertiary alicyclic amines) is 1. The summed E-state index contributed by atoms with van der Waals surface area (Å²) in [6.45, 7) is 10.5. The molecule has 0 spiro atoms. The zero-order valence-corrected chi connectivity index (χ0v) is 13.9. The van der Waals surface area contributed by atoms with Crippen molar-refractivity contribution < 1.29 is 0 Å². The minimum absolute atomic E-state index is 0.447. The molecule has 1 saturated heterocycles. The van der Waals surface area contributed by atoms with Crippen molar-refractivity contribution in [1.29, 1.82) is 0 Å². The summed E-state index contributed by atoms with van der Waals surface area (Å²) in [6, 6.07) is 0. The Bertz CT molecular complexity index is 397. The smallest absolute Gasteiger partial charge is 0.107 e. The molecule has 4 heteroatoms. The van der Waals surface area contributed by atoms with E-state index in [1.54, 1.807) is 11.3 Å². The summed E-state index contributed by atoms with van der Waals surface area (Å²) in [5, 5.41) is 3.29. The van der Waals surface area contributed by atoms with Crippen LogP contribution in [0.15, 0.2) is 5.38 Å². The minimum Gasteiger partial charge on any atom is -0.297 e. The highest BCUT2D eigenvalue weighted by atomic mass is 35.5. The zero-order chi connectivity index (χ0) is 13.9. The first-order valence-corrected chi connectivity index (χ1v) is 8.62. The van der Waals surface area contributed by atoms with Crippen LogP contribution in [0.3, 0.4) is 0 Å². The van der Waals surface area contributed by atoms with Crippen molar-refractivity contribution in [3.8, 4) is 0 Å². The van der Waals surface area contributed by atoms with E-state index in [1.165, 1.54) is 37.4 Å². The van der Waals surface area contributed by atoms with Gasteiger partial charge in [0.1, 0.15) is 5.01 Å². The first kappa shape index (κ1) is 15.3. The third-order valence-electron chi connectivity index (χ3n) is 4.14. The van der Waals surface area contributed by atoms with E-state index in [4.69, 9.17) is 11.6 Å². The molecule has 2 nitrogen and oxygen atoms in total. The Labute approximate surface area is 126 Å². The third kappa shape index (κ3) is 4.44. The van der Waals surface area contributed by atoms with Gasteiger partial charge in [-0.25, -0.2) is 4.98 Å². The Morgan fingerprint density at radius 2 is 2.16 bits per heavy atom. The van der Waals surface area contributed by atoms with Gasteiger partial charge in [-0.3, -0.25) is 4.90 Å². The van der Waals surface area contributed by atoms with Crippen molar-refractivity contribution in [2.45, 2.75) is 52.5 Å². The topological polar surface area (TPSA) is 16.1 Å². The van der Waals surface area contributed by atoms with E-state index >= 15 is 0 Å². The van der Waals surface area contributed by atoms with Gasteiger partial charge in [-0.15, -0.1) is 22.9 Å². The second-order valence-electron chi connectivity index (χ2n) is 6.64. The highest BCUT2D eigenvalue weighted by Crippen LogP contribution is 2.34. The van der Waals surface area contributed by atoms with Gasteiger partial charge in [-0.05, 0) is 43.7 Å². The molecule has 1 atom stereocenters. The van der Waals surface area contributed by atoms with E-state index in [-0.39, 0.29) is 0 Å². The van der Waals surface area contributed by atoms with E-state index in [2.05, 4.69) is 36.0 Å². The molecular weight excluding hydrogens is 276 g/mol. The van der Waals surface area contributed by atoms with Crippen LogP contribution in [0.4, 0.5) is 0 Å². The van der Waals surface area contributed by atoms with Crippen LogP contribution in [0.1, 0.15) is 50.7 Å². The fourth-order valence-electron chi connectivity index (χ4n) is 2.85. The first-order chi connectivity index (χ1) is 8.99. The Balaban J connectivity index is 1.89. The van der Waals surface area contributed by atoms with Crippen LogP contribution in [-0.4, -0.2) is 23.0 Å². The number of hydrogen-bond donors (Lipinski definition) is 0. The molecule has 1 aromatic rings. The number of thiazole rings is 1. The van der Waals surface area contributed by atoms with Gasteiger partial charge in [-0.2, -0.15) is 0 Å². The molecule has 0 saturated carbocycles. The molecule has 1 fully saturated rings. The molecule has 0 bridgehead atoms. The molecule has 0 N–H and O–H groups in total. The second-order valence-corrected chi connectivity index (χ2v) is 7.85. The van der Waals surface area contributed by atoms with Crippen molar-refractivity contribution in [2.24, 2.45) is 11.3 Å². The predicted molar refractivity (Wildman–Crippen MR) is 83.7 cm³/mol. The summed E-state index contributed by atoms with van der Waals surface area (Å²) in [5.41, 5.74) is 1.47. The average molecular weight is 301 g/mol. The summed E-state index contributed by atoms with van der Waals surface area (Å²) in [4.78, 5) is 7.12. The standard InChI is InChI=1S/C15H25ClN2S/c1-15(2,3)12-5-4-7-18(8-6-12)10-14-17-13(9-16)11-19-14/h11-12H,4-10H2,1-3H3. The summed E-state index contributed by atoms with van der Waals surface area (Å²) >= 11 is 7.55. The van der Waals surface area contributed by atoms with Crippen molar-refractivity contribution >= 4 is 22.9 Å². The van der Waals surface area contributed by atoms with Crippen molar-refractivity contribution in [3.63, 3.8) is 0 Å². The molecule has 1 aromatic heterocycles. The maximum absolute atomic E-state index is 5.81. The Hall–Kier alpha value is -0.120. The van der Waals surface area contributed by atoms with E-state index in [1.807, 2.05) is 0 Å². The highest BCUT2D eigenvalue weighted by molar-refractivity contribution is 7.09. The van der Waals surface area contributed by atoms with Crippen LogP contribution in [-0.2, 0) is 12.4 Å². The molecule has 2 rings (SSSR count). The summed E-state index contributed by atoms with van der Waals surface area (Å²) < 4.78 is 0. The van der Waals surface area contributed by atoms with Crippen LogP contribution in [0.2, 0.25) is 0 Å². The van der Waals surface area contributed by atoms with Crippen molar-refractivity contribution in [1.82, 2.24) is 9.88 Å². The van der Waals surface area contributed by atoms with Gasteiger partial charge in [-0.1, -0.05) is 20.8 Å². The molecule has 1 unspecified atom stereocenters. The van der Waals surface area contributed by atoms with E-state index in [9.17, 15) is 0 Å². The number of hydrogen-bond acceptors (Lipinski definition) is 3. The molecular formula is C15H25ClN2S. The molecule has 0 aliphatic carbocycles. The van der Waals surface area contributed by atoms with E-state index in [0.29, 0.717) is 11.3 Å². The molecule has 1 aliphatic heterocycles. The molecule has 2 heterocycles. The Morgan fingerprint density at radius 1 is 1.37 bits per heavy atom. The third-order valence-corrected chi connectivity index (χ3v) is 5.30. The lowest BCUT2D eigenvalue weighted by Gasteiger charge is -2.29. The molecule has 0 aromatic carbocycles. The summed E-state index contributed by atoms with van der Waals surface area (Å²) in [5.74, 6) is 1.38. The van der Waals surface area contributed by atoms with Crippen LogP contribution >= 0.6 is 22.9 Å². The van der Waals surface area contributed by atoms with Crippen LogP contribution in [0.5, 0.6) is 0 Å². The van der Waals surface area contributed by atoms with Gasteiger partial charge in [0.2, 0.25) is 0 Å². The number of nitrogens with zero attached hydrogens (tertiary/aromatic N) is 2. The largest absolute Gasteiger partial charge is 0.297 e.